The molecule has 7 nitrogen and oxygen atoms in total. The fourth-order valence-corrected chi connectivity index (χ4v) is 1.38. The van der Waals surface area contributed by atoms with E-state index in [2.05, 4.69) is 5.32 Å². The molecule has 0 aliphatic heterocycles. The number of nitro benzene ring substituents is 1. The third kappa shape index (κ3) is 3.42. The standard InChI is InChI=1S/C11H15N3O4/c1-2-18-11(15)9-7-8(14(16)17)3-4-10(9)13-6-5-12/h3-4,7,13H,2,5-6,12H2,1H3. The van der Waals surface area contributed by atoms with E-state index in [-0.39, 0.29) is 17.9 Å². The number of esters is 1. The van der Waals surface area contributed by atoms with Crippen LogP contribution in [0.3, 0.4) is 0 Å². The number of nitrogens with one attached hydrogen (secondary N) is 1. The molecule has 18 heavy (non-hydrogen) atoms. The van der Waals surface area contributed by atoms with Crippen molar-refractivity contribution in [1.82, 2.24) is 0 Å². The Hall–Kier alpha value is -2.15. The van der Waals surface area contributed by atoms with Crippen molar-refractivity contribution in [1.29, 1.82) is 0 Å². The molecule has 0 saturated carbocycles. The first-order chi connectivity index (χ1) is 8.60. The van der Waals surface area contributed by atoms with Gasteiger partial charge in [0.2, 0.25) is 0 Å². The molecule has 0 spiro atoms. The lowest BCUT2D eigenvalue weighted by Gasteiger charge is -2.10. The first-order valence-corrected chi connectivity index (χ1v) is 5.49. The van der Waals surface area contributed by atoms with Crippen molar-refractivity contribution in [2.24, 2.45) is 5.73 Å². The van der Waals surface area contributed by atoms with Crippen LogP contribution >= 0.6 is 0 Å². The average molecular weight is 253 g/mol. The second-order valence-electron chi connectivity index (χ2n) is 3.42. The number of nitrogens with two attached hydrogens (primary N) is 1. The zero-order valence-corrected chi connectivity index (χ0v) is 10.0. The van der Waals surface area contributed by atoms with E-state index in [9.17, 15) is 14.9 Å². The summed E-state index contributed by atoms with van der Waals surface area (Å²) in [5.74, 6) is -0.597. The van der Waals surface area contributed by atoms with Gasteiger partial charge in [-0.2, -0.15) is 0 Å². The summed E-state index contributed by atoms with van der Waals surface area (Å²) >= 11 is 0. The maximum Gasteiger partial charge on any atom is 0.340 e. The minimum Gasteiger partial charge on any atom is -0.462 e. The number of rotatable bonds is 6. The highest BCUT2D eigenvalue weighted by Crippen LogP contribution is 2.22. The zero-order chi connectivity index (χ0) is 13.5. The topological polar surface area (TPSA) is 107 Å². The Morgan fingerprint density at radius 1 is 1.56 bits per heavy atom. The zero-order valence-electron chi connectivity index (χ0n) is 10.0. The van der Waals surface area contributed by atoms with E-state index >= 15 is 0 Å². The third-order valence-electron chi connectivity index (χ3n) is 2.17. The number of carbonyl (C=O) groups excluding carboxylic acids is 1. The molecule has 3 N–H and O–H groups in total. The molecule has 0 unspecified atom stereocenters. The lowest BCUT2D eigenvalue weighted by molar-refractivity contribution is -0.384. The average Bonchev–Trinajstić information content (AvgIpc) is 2.36. The number of anilines is 1. The van der Waals surface area contributed by atoms with Crippen molar-refractivity contribution in [2.75, 3.05) is 25.0 Å². The number of non-ortho nitro benzene ring substituents is 1. The molecular weight excluding hydrogens is 238 g/mol. The molecule has 0 bridgehead atoms. The summed E-state index contributed by atoms with van der Waals surface area (Å²) in [5.41, 5.74) is 5.81. The summed E-state index contributed by atoms with van der Waals surface area (Å²) < 4.78 is 4.85. The quantitative estimate of drug-likeness (QED) is 0.447. The number of hydrogen-bond donors (Lipinski definition) is 2. The van der Waals surface area contributed by atoms with Crippen LogP contribution in [0.5, 0.6) is 0 Å². The van der Waals surface area contributed by atoms with Crippen molar-refractivity contribution in [3.05, 3.63) is 33.9 Å². The van der Waals surface area contributed by atoms with E-state index in [4.69, 9.17) is 10.5 Å². The number of hydrogen-bond acceptors (Lipinski definition) is 6. The van der Waals surface area contributed by atoms with Crippen molar-refractivity contribution in [2.45, 2.75) is 6.92 Å². The lowest BCUT2D eigenvalue weighted by Crippen LogP contribution is -2.16. The Labute approximate surface area is 104 Å². The second kappa shape index (κ2) is 6.55. The summed E-state index contributed by atoms with van der Waals surface area (Å²) in [5, 5.41) is 13.6. The van der Waals surface area contributed by atoms with E-state index in [1.165, 1.54) is 18.2 Å². The van der Waals surface area contributed by atoms with E-state index in [0.717, 1.165) is 0 Å². The summed E-state index contributed by atoms with van der Waals surface area (Å²) in [7, 11) is 0. The molecule has 0 radical (unpaired) electrons. The van der Waals surface area contributed by atoms with Crippen molar-refractivity contribution >= 4 is 17.3 Å². The maximum atomic E-state index is 11.7. The molecule has 0 amide bonds. The number of nitro groups is 1. The highest BCUT2D eigenvalue weighted by molar-refractivity contribution is 5.96. The van der Waals surface area contributed by atoms with Gasteiger partial charge < -0.3 is 15.8 Å². The van der Waals surface area contributed by atoms with Gasteiger partial charge in [-0.3, -0.25) is 10.1 Å². The molecule has 7 heteroatoms. The predicted octanol–water partition coefficient (Wildman–Crippen LogP) is 1.14. The fourth-order valence-electron chi connectivity index (χ4n) is 1.38. The van der Waals surface area contributed by atoms with Gasteiger partial charge in [0.05, 0.1) is 17.1 Å². The molecule has 0 heterocycles. The molecule has 1 aromatic rings. The number of nitrogens with zero attached hydrogens (tertiary/aromatic N) is 1. The van der Waals surface area contributed by atoms with Gasteiger partial charge in [-0.05, 0) is 13.0 Å². The molecule has 1 aromatic carbocycles. The smallest absolute Gasteiger partial charge is 0.340 e. The Balaban J connectivity index is 3.09. The molecule has 0 aliphatic carbocycles. The Kier molecular flexibility index (Phi) is 5.06. The summed E-state index contributed by atoms with van der Waals surface area (Å²) in [6, 6.07) is 3.98. The first kappa shape index (κ1) is 13.9. The highest BCUT2D eigenvalue weighted by Gasteiger charge is 2.17. The molecule has 0 atom stereocenters. The summed E-state index contributed by atoms with van der Waals surface area (Å²) in [6.07, 6.45) is 0. The molecule has 0 saturated heterocycles. The van der Waals surface area contributed by atoms with Crippen LogP contribution in [-0.4, -0.2) is 30.6 Å². The Morgan fingerprint density at radius 2 is 2.28 bits per heavy atom. The van der Waals surface area contributed by atoms with Crippen LogP contribution < -0.4 is 11.1 Å². The van der Waals surface area contributed by atoms with Crippen LogP contribution in [0.2, 0.25) is 0 Å². The number of benzene rings is 1. The van der Waals surface area contributed by atoms with Crippen LogP contribution in [0.4, 0.5) is 11.4 Å². The number of ether oxygens (including phenoxy) is 1. The van der Waals surface area contributed by atoms with Crippen molar-refractivity contribution in [3.63, 3.8) is 0 Å². The van der Waals surface area contributed by atoms with E-state index < -0.39 is 10.9 Å². The number of carbonyl (C=O) groups is 1. The van der Waals surface area contributed by atoms with E-state index in [1.54, 1.807) is 6.92 Å². The van der Waals surface area contributed by atoms with E-state index in [0.29, 0.717) is 18.8 Å². The van der Waals surface area contributed by atoms with Crippen LogP contribution in [0.1, 0.15) is 17.3 Å². The minimum atomic E-state index is -0.597. The van der Waals surface area contributed by atoms with Gasteiger partial charge in [0.25, 0.3) is 5.69 Å². The van der Waals surface area contributed by atoms with Gasteiger partial charge in [-0.25, -0.2) is 4.79 Å². The third-order valence-corrected chi connectivity index (χ3v) is 2.17. The summed E-state index contributed by atoms with van der Waals surface area (Å²) in [4.78, 5) is 21.8. The normalized spacial score (nSPS) is 9.89. The molecule has 0 fully saturated rings. The molecular formula is C11H15N3O4. The Morgan fingerprint density at radius 3 is 2.83 bits per heavy atom. The largest absolute Gasteiger partial charge is 0.462 e. The van der Waals surface area contributed by atoms with Crippen LogP contribution in [0.15, 0.2) is 18.2 Å². The van der Waals surface area contributed by atoms with Crippen molar-refractivity contribution in [3.8, 4) is 0 Å². The minimum absolute atomic E-state index is 0.138. The maximum absolute atomic E-state index is 11.7. The first-order valence-electron chi connectivity index (χ1n) is 5.49. The van der Waals surface area contributed by atoms with Gasteiger partial charge in [0.1, 0.15) is 0 Å². The van der Waals surface area contributed by atoms with Gasteiger partial charge in [-0.1, -0.05) is 0 Å². The monoisotopic (exact) mass is 253 g/mol. The fraction of sp³-hybridized carbons (Fsp3) is 0.364. The molecule has 0 aliphatic rings. The van der Waals surface area contributed by atoms with Gasteiger partial charge in [-0.15, -0.1) is 0 Å². The van der Waals surface area contributed by atoms with Gasteiger partial charge >= 0.3 is 5.97 Å². The molecule has 1 rings (SSSR count). The van der Waals surface area contributed by atoms with E-state index in [1.807, 2.05) is 0 Å². The predicted molar refractivity (Wildman–Crippen MR) is 66.6 cm³/mol. The molecule has 98 valence electrons. The summed E-state index contributed by atoms with van der Waals surface area (Å²) in [6.45, 7) is 2.73. The lowest BCUT2D eigenvalue weighted by atomic mass is 10.1. The van der Waals surface area contributed by atoms with Crippen LogP contribution in [0.25, 0.3) is 0 Å². The molecule has 0 aromatic heterocycles. The van der Waals surface area contributed by atoms with Crippen molar-refractivity contribution < 1.29 is 14.5 Å². The second-order valence-corrected chi connectivity index (χ2v) is 3.42. The van der Waals surface area contributed by atoms with Gasteiger partial charge in [0.15, 0.2) is 0 Å². The highest BCUT2D eigenvalue weighted by atomic mass is 16.6. The SMILES string of the molecule is CCOC(=O)c1cc([N+](=O)[O-])ccc1NCCN. The van der Waals surface area contributed by atoms with Crippen LogP contribution in [-0.2, 0) is 4.74 Å². The Bertz CT molecular complexity index is 448. The van der Waals surface area contributed by atoms with Gasteiger partial charge in [0, 0.05) is 30.9 Å². The van der Waals surface area contributed by atoms with Crippen LogP contribution in [0, 0.1) is 10.1 Å².